The Hall–Kier alpha value is -1.82. The number of piperidine rings is 1. The summed E-state index contributed by atoms with van der Waals surface area (Å²) in [6.45, 7) is 2.70. The molecule has 22 heavy (non-hydrogen) atoms. The molecule has 2 atom stereocenters. The second-order valence-corrected chi connectivity index (χ2v) is 5.99. The molecule has 3 heterocycles. The van der Waals surface area contributed by atoms with E-state index in [-0.39, 0.29) is 12.1 Å². The number of carbonyl (C=O) groups is 1. The Labute approximate surface area is 131 Å². The molecular formula is C16H24N4O2. The van der Waals surface area contributed by atoms with Crippen LogP contribution < -0.4 is 15.4 Å². The fraction of sp³-hybridized carbons (Fsp3) is 0.625. The molecule has 6 heteroatoms. The summed E-state index contributed by atoms with van der Waals surface area (Å²) in [5.41, 5.74) is 0.880. The van der Waals surface area contributed by atoms with Gasteiger partial charge in [-0.05, 0) is 31.9 Å². The first-order chi connectivity index (χ1) is 10.8. The number of carbonyl (C=O) groups excluding carboxylic acids is 1. The largest absolute Gasteiger partial charge is 0.481 e. The molecule has 2 saturated heterocycles. The van der Waals surface area contributed by atoms with Crippen molar-refractivity contribution in [2.75, 3.05) is 20.2 Å². The Morgan fingerprint density at radius 3 is 3.18 bits per heavy atom. The maximum Gasteiger partial charge on any atom is 0.315 e. The number of nitrogens with zero attached hydrogens (tertiary/aromatic N) is 2. The van der Waals surface area contributed by atoms with Crippen LogP contribution in [0.3, 0.4) is 0 Å². The van der Waals surface area contributed by atoms with E-state index in [1.807, 2.05) is 12.1 Å². The van der Waals surface area contributed by atoms with Crippen molar-refractivity contribution in [3.05, 3.63) is 23.9 Å². The lowest BCUT2D eigenvalue weighted by Gasteiger charge is -2.32. The van der Waals surface area contributed by atoms with E-state index in [1.165, 1.54) is 25.8 Å². The van der Waals surface area contributed by atoms with Crippen LogP contribution in [0, 0.1) is 0 Å². The molecule has 0 aliphatic carbocycles. The Kier molecular flexibility index (Phi) is 4.77. The molecule has 2 aliphatic rings. The molecule has 1 aromatic rings. The van der Waals surface area contributed by atoms with Gasteiger partial charge in [0.05, 0.1) is 7.11 Å². The van der Waals surface area contributed by atoms with E-state index in [0.717, 1.165) is 18.5 Å². The number of nitrogens with one attached hydrogen (secondary N) is 2. The number of hydrogen-bond acceptors (Lipinski definition) is 4. The van der Waals surface area contributed by atoms with Crippen molar-refractivity contribution in [1.82, 2.24) is 20.5 Å². The number of rotatable bonds is 4. The molecule has 0 spiro atoms. The number of amides is 2. The molecule has 0 unspecified atom stereocenters. The van der Waals surface area contributed by atoms with Crippen LogP contribution in [0.15, 0.2) is 18.3 Å². The fourth-order valence-corrected chi connectivity index (χ4v) is 3.55. The van der Waals surface area contributed by atoms with Gasteiger partial charge in [0.1, 0.15) is 0 Å². The molecular weight excluding hydrogens is 280 g/mol. The zero-order valence-electron chi connectivity index (χ0n) is 13.0. The predicted octanol–water partition coefficient (Wildman–Crippen LogP) is 1.52. The smallest absolute Gasteiger partial charge is 0.315 e. The van der Waals surface area contributed by atoms with E-state index in [1.54, 1.807) is 13.3 Å². The monoisotopic (exact) mass is 304 g/mol. The predicted molar refractivity (Wildman–Crippen MR) is 83.8 cm³/mol. The molecule has 3 rings (SSSR count). The molecule has 0 bridgehead atoms. The number of aromatic nitrogens is 1. The molecule has 2 amide bonds. The fourth-order valence-electron chi connectivity index (χ4n) is 3.55. The van der Waals surface area contributed by atoms with Crippen LogP contribution in [0.5, 0.6) is 5.88 Å². The Morgan fingerprint density at radius 2 is 2.32 bits per heavy atom. The van der Waals surface area contributed by atoms with Crippen molar-refractivity contribution >= 4 is 6.03 Å². The molecule has 2 aliphatic heterocycles. The summed E-state index contributed by atoms with van der Waals surface area (Å²) >= 11 is 0. The highest BCUT2D eigenvalue weighted by Gasteiger charge is 2.36. The summed E-state index contributed by atoms with van der Waals surface area (Å²) in [7, 11) is 1.59. The summed E-state index contributed by atoms with van der Waals surface area (Å²) in [6, 6.07) is 4.44. The van der Waals surface area contributed by atoms with E-state index in [0.29, 0.717) is 18.5 Å². The zero-order valence-corrected chi connectivity index (χ0v) is 13.0. The SMILES string of the molecule is COc1ncccc1CNC(=O)N[C@H]1CCN2CCCC[C@@H]12. The van der Waals surface area contributed by atoms with Crippen molar-refractivity contribution in [1.29, 1.82) is 0 Å². The van der Waals surface area contributed by atoms with Crippen LogP contribution in [-0.4, -0.2) is 48.2 Å². The number of hydrogen-bond donors (Lipinski definition) is 2. The second kappa shape index (κ2) is 6.96. The van der Waals surface area contributed by atoms with Gasteiger partial charge in [-0.1, -0.05) is 12.5 Å². The van der Waals surface area contributed by atoms with Gasteiger partial charge in [-0.2, -0.15) is 0 Å². The van der Waals surface area contributed by atoms with Crippen molar-refractivity contribution in [2.45, 2.75) is 44.3 Å². The maximum atomic E-state index is 12.1. The molecule has 2 N–H and O–H groups in total. The lowest BCUT2D eigenvalue weighted by atomic mass is 9.99. The standard InChI is InChI=1S/C16H24N4O2/c1-22-15-12(5-4-8-17-15)11-18-16(21)19-13-7-10-20-9-3-2-6-14(13)20/h4-5,8,13-14H,2-3,6-7,9-11H2,1H3,(H2,18,19,21)/t13-,14-/m0/s1. The van der Waals surface area contributed by atoms with Crippen molar-refractivity contribution in [2.24, 2.45) is 0 Å². The van der Waals surface area contributed by atoms with Gasteiger partial charge < -0.3 is 15.4 Å². The van der Waals surface area contributed by atoms with Crippen LogP contribution in [0.4, 0.5) is 4.79 Å². The molecule has 6 nitrogen and oxygen atoms in total. The minimum absolute atomic E-state index is 0.108. The number of fused-ring (bicyclic) bond motifs is 1. The lowest BCUT2D eigenvalue weighted by molar-refractivity contribution is 0.179. The third-order valence-corrected chi connectivity index (χ3v) is 4.66. The van der Waals surface area contributed by atoms with E-state index in [4.69, 9.17) is 4.74 Å². The van der Waals surface area contributed by atoms with E-state index < -0.39 is 0 Å². The summed E-state index contributed by atoms with van der Waals surface area (Å²) in [4.78, 5) is 18.8. The third kappa shape index (κ3) is 3.32. The van der Waals surface area contributed by atoms with Crippen LogP contribution in [0.1, 0.15) is 31.2 Å². The average molecular weight is 304 g/mol. The van der Waals surface area contributed by atoms with Gasteiger partial charge in [0.25, 0.3) is 0 Å². The quantitative estimate of drug-likeness (QED) is 0.885. The minimum Gasteiger partial charge on any atom is -0.481 e. The van der Waals surface area contributed by atoms with Crippen LogP contribution in [0.25, 0.3) is 0 Å². The first kappa shape index (κ1) is 15.1. The Bertz CT molecular complexity index is 523. The first-order valence-corrected chi connectivity index (χ1v) is 8.04. The first-order valence-electron chi connectivity index (χ1n) is 8.04. The molecule has 0 saturated carbocycles. The highest BCUT2D eigenvalue weighted by molar-refractivity contribution is 5.74. The maximum absolute atomic E-state index is 12.1. The highest BCUT2D eigenvalue weighted by Crippen LogP contribution is 2.27. The van der Waals surface area contributed by atoms with Gasteiger partial charge in [0, 0.05) is 36.9 Å². The topological polar surface area (TPSA) is 66.5 Å². The van der Waals surface area contributed by atoms with Gasteiger partial charge in [-0.15, -0.1) is 0 Å². The van der Waals surface area contributed by atoms with Gasteiger partial charge in [0.2, 0.25) is 5.88 Å². The normalized spacial score (nSPS) is 24.6. The highest BCUT2D eigenvalue weighted by atomic mass is 16.5. The van der Waals surface area contributed by atoms with Gasteiger partial charge in [-0.3, -0.25) is 4.90 Å². The van der Waals surface area contributed by atoms with Crippen LogP contribution in [0.2, 0.25) is 0 Å². The van der Waals surface area contributed by atoms with E-state index >= 15 is 0 Å². The van der Waals surface area contributed by atoms with Crippen molar-refractivity contribution in [3.8, 4) is 5.88 Å². The molecule has 2 fully saturated rings. The number of ether oxygens (including phenoxy) is 1. The Morgan fingerprint density at radius 1 is 1.41 bits per heavy atom. The second-order valence-electron chi connectivity index (χ2n) is 5.99. The van der Waals surface area contributed by atoms with Gasteiger partial charge in [0.15, 0.2) is 0 Å². The molecule has 120 valence electrons. The minimum atomic E-state index is -0.108. The number of methoxy groups -OCH3 is 1. The van der Waals surface area contributed by atoms with Crippen molar-refractivity contribution < 1.29 is 9.53 Å². The van der Waals surface area contributed by atoms with Crippen LogP contribution >= 0.6 is 0 Å². The zero-order chi connectivity index (χ0) is 15.4. The number of pyridine rings is 1. The summed E-state index contributed by atoms with van der Waals surface area (Å²) in [5.74, 6) is 0.558. The van der Waals surface area contributed by atoms with Crippen molar-refractivity contribution in [3.63, 3.8) is 0 Å². The number of urea groups is 1. The molecule has 1 aromatic heterocycles. The average Bonchev–Trinajstić information content (AvgIpc) is 2.96. The summed E-state index contributed by atoms with van der Waals surface area (Å²) < 4.78 is 5.19. The molecule has 0 aromatic carbocycles. The van der Waals surface area contributed by atoms with E-state index in [2.05, 4.69) is 20.5 Å². The summed E-state index contributed by atoms with van der Waals surface area (Å²) in [5, 5.41) is 6.04. The van der Waals surface area contributed by atoms with Gasteiger partial charge >= 0.3 is 6.03 Å². The Balaban J connectivity index is 1.50. The third-order valence-electron chi connectivity index (χ3n) is 4.66. The summed E-state index contributed by atoms with van der Waals surface area (Å²) in [6.07, 6.45) is 6.48. The van der Waals surface area contributed by atoms with E-state index in [9.17, 15) is 4.79 Å². The molecule has 0 radical (unpaired) electrons. The van der Waals surface area contributed by atoms with Crippen LogP contribution in [-0.2, 0) is 6.54 Å². The lowest BCUT2D eigenvalue weighted by Crippen LogP contribution is -2.49. The van der Waals surface area contributed by atoms with Gasteiger partial charge in [-0.25, -0.2) is 9.78 Å².